The predicted octanol–water partition coefficient (Wildman–Crippen LogP) is -1.63. The molecule has 0 bridgehead atoms. The van der Waals surface area contributed by atoms with Gasteiger partial charge in [0.2, 0.25) is 0 Å². The van der Waals surface area contributed by atoms with Crippen LogP contribution in [0.2, 0.25) is 0 Å². The Hall–Kier alpha value is 0.383. The average Bonchev–Trinajstić information content (AvgIpc) is 1.62. The largest absolute Gasteiger partial charge is 2.00 e. The molecule has 0 spiro atoms. The fraction of sp³-hybridized carbons (Fsp3) is 0.667. The van der Waals surface area contributed by atoms with Crippen molar-refractivity contribution < 1.29 is 41.4 Å². The number of halogens is 1. The molecule has 0 atom stereocenters. The van der Waals surface area contributed by atoms with Crippen molar-refractivity contribution in [3.05, 3.63) is 7.11 Å². The van der Waals surface area contributed by atoms with Crippen LogP contribution in [0.4, 0.5) is 0 Å². The van der Waals surface area contributed by atoms with Gasteiger partial charge in [0.25, 0.3) is 5.97 Å². The maximum Gasteiger partial charge on any atom is 2.00 e. The summed E-state index contributed by atoms with van der Waals surface area (Å²) in [6.07, 6.45) is 0. The van der Waals surface area contributed by atoms with Crippen LogP contribution in [0.5, 0.6) is 0 Å². The smallest absolute Gasteiger partial charge is 1.00 e. The van der Waals surface area contributed by atoms with Gasteiger partial charge in [-0.05, 0) is 20.8 Å². The van der Waals surface area contributed by atoms with Crippen LogP contribution in [0.3, 0.4) is 0 Å². The summed E-state index contributed by atoms with van der Waals surface area (Å²) in [6.45, 7) is 5.33. The summed E-state index contributed by atoms with van der Waals surface area (Å²) in [5, 5.41) is 0. The van der Waals surface area contributed by atoms with Gasteiger partial charge in [-0.2, -0.15) is 7.11 Å². The van der Waals surface area contributed by atoms with Gasteiger partial charge in [0.1, 0.15) is 0 Å². The normalized spacial score (nSPS) is 8.80. The third-order valence-corrected chi connectivity index (χ3v) is 0.743. The molecule has 10 heavy (non-hydrogen) atoms. The molecule has 4 heteroatoms. The summed E-state index contributed by atoms with van der Waals surface area (Å²) >= 11 is 0. The summed E-state index contributed by atoms with van der Waals surface area (Å²) in [6, 6.07) is 0. The summed E-state index contributed by atoms with van der Waals surface area (Å²) in [4.78, 5) is 10.5. The molecule has 0 rings (SSSR count). The fourth-order valence-corrected chi connectivity index (χ4v) is 0.217. The molecule has 0 aliphatic carbocycles. The first-order valence-electron chi connectivity index (χ1n) is 2.45. The van der Waals surface area contributed by atoms with Crippen molar-refractivity contribution >= 4 is 5.97 Å². The van der Waals surface area contributed by atoms with E-state index in [0.29, 0.717) is 0 Å². The Morgan fingerprint density at radius 3 is 1.70 bits per heavy atom. The number of esters is 1. The Labute approximate surface area is 80.9 Å². The summed E-state index contributed by atoms with van der Waals surface area (Å²) in [5.74, 6) is -0.280. The second-order valence-corrected chi connectivity index (χ2v) is 2.68. The molecule has 2 nitrogen and oxygen atoms in total. The molecule has 0 aromatic rings. The van der Waals surface area contributed by atoms with Crippen LogP contribution in [0, 0.1) is 12.5 Å². The van der Waals surface area contributed by atoms with Crippen LogP contribution in [-0.2, 0) is 29.0 Å². The van der Waals surface area contributed by atoms with Gasteiger partial charge in [0, 0.05) is 0 Å². The second-order valence-electron chi connectivity index (χ2n) is 2.68. The molecule has 0 aromatic carbocycles. The maximum atomic E-state index is 10.5. The minimum absolute atomic E-state index is 0. The third kappa shape index (κ3) is 6.50. The van der Waals surface area contributed by atoms with E-state index in [0.717, 1.165) is 0 Å². The van der Waals surface area contributed by atoms with Crippen molar-refractivity contribution in [3.8, 4) is 0 Å². The van der Waals surface area contributed by atoms with Crippen molar-refractivity contribution in [1.29, 1.82) is 0 Å². The fourth-order valence-electron chi connectivity index (χ4n) is 0.217. The van der Waals surface area contributed by atoms with Crippen LogP contribution in [-0.4, -0.2) is 5.97 Å². The molecule has 0 aromatic heterocycles. The topological polar surface area (TPSA) is 26.3 Å². The zero-order valence-electron chi connectivity index (χ0n) is 6.61. The number of rotatable bonds is 0. The Bertz CT molecular complexity index is 98.4. The van der Waals surface area contributed by atoms with Gasteiger partial charge in [-0.15, -0.1) is 0 Å². The first kappa shape index (κ1) is 16.8. The van der Waals surface area contributed by atoms with E-state index in [-0.39, 0.29) is 37.9 Å². The number of ether oxygens (including phenoxy) is 1. The molecule has 0 fully saturated rings. The maximum absolute atomic E-state index is 10.5. The van der Waals surface area contributed by atoms with Crippen molar-refractivity contribution in [2.75, 3.05) is 0 Å². The van der Waals surface area contributed by atoms with E-state index in [1.807, 2.05) is 0 Å². The van der Waals surface area contributed by atoms with Gasteiger partial charge in [-0.25, -0.2) is 0 Å². The van der Waals surface area contributed by atoms with E-state index in [1.54, 1.807) is 20.8 Å². The van der Waals surface area contributed by atoms with E-state index < -0.39 is 5.41 Å². The van der Waals surface area contributed by atoms with Crippen LogP contribution in [0.1, 0.15) is 20.8 Å². The first-order valence-corrected chi connectivity index (χ1v) is 2.45. The molecule has 0 unspecified atom stereocenters. The molecule has 0 radical (unpaired) electrons. The SMILES string of the molecule is [CH2-]OC(=O)C(C)(C)C.[Cl-].[Zn+2]. The monoisotopic (exact) mass is 214 g/mol. The molecule has 0 saturated heterocycles. The van der Waals surface area contributed by atoms with Crippen molar-refractivity contribution in [1.82, 2.24) is 0 Å². The Balaban J connectivity index is -0.000000245. The number of hydrogen-bond acceptors (Lipinski definition) is 2. The molecular weight excluding hydrogens is 205 g/mol. The zero-order valence-corrected chi connectivity index (χ0v) is 10.3. The van der Waals surface area contributed by atoms with Crippen LogP contribution >= 0.6 is 0 Å². The minimum atomic E-state index is -0.415. The second kappa shape index (κ2) is 6.12. The van der Waals surface area contributed by atoms with E-state index in [9.17, 15) is 4.79 Å². The quantitative estimate of drug-likeness (QED) is 0.276. The van der Waals surface area contributed by atoms with Gasteiger partial charge < -0.3 is 17.1 Å². The van der Waals surface area contributed by atoms with E-state index in [4.69, 9.17) is 0 Å². The van der Waals surface area contributed by atoms with E-state index in [1.165, 1.54) is 0 Å². The Morgan fingerprint density at radius 2 is 1.70 bits per heavy atom. The van der Waals surface area contributed by atoms with Crippen LogP contribution in [0.15, 0.2) is 0 Å². The molecule has 56 valence electrons. The number of carbonyl (C=O) groups excluding carboxylic acids is 1. The first-order chi connectivity index (χ1) is 3.48. The van der Waals surface area contributed by atoms with Gasteiger partial charge in [-0.3, -0.25) is 4.79 Å². The molecule has 0 saturated carbocycles. The van der Waals surface area contributed by atoms with E-state index >= 15 is 0 Å². The van der Waals surface area contributed by atoms with Gasteiger partial charge in [-0.1, -0.05) is 0 Å². The summed E-state index contributed by atoms with van der Waals surface area (Å²) in [7, 11) is 3.00. The Kier molecular flexibility index (Phi) is 10.3. The van der Waals surface area contributed by atoms with Crippen LogP contribution < -0.4 is 12.4 Å². The molecule has 0 N–H and O–H groups in total. The van der Waals surface area contributed by atoms with Gasteiger partial charge in [0.05, 0.1) is 5.41 Å². The van der Waals surface area contributed by atoms with E-state index in [2.05, 4.69) is 11.8 Å². The average molecular weight is 216 g/mol. The number of hydrogen-bond donors (Lipinski definition) is 0. The van der Waals surface area contributed by atoms with Crippen LogP contribution in [0.25, 0.3) is 0 Å². The Morgan fingerprint density at radius 1 is 1.40 bits per heavy atom. The predicted molar refractivity (Wildman–Crippen MR) is 30.9 cm³/mol. The molecular formula is C6H11ClO2Zn. The molecule has 0 aliphatic rings. The standard InChI is InChI=1S/C6H11O2.ClH.Zn/c1-6(2,3)5(7)8-4;;/h4H2,1-3H3;1H;/q-1;;+2/p-1. The zero-order chi connectivity index (χ0) is 6.78. The minimum Gasteiger partial charge on any atom is -1.00 e. The molecule has 0 aliphatic heterocycles. The van der Waals surface area contributed by atoms with Gasteiger partial charge >= 0.3 is 19.5 Å². The van der Waals surface area contributed by atoms with Crippen molar-refractivity contribution in [2.45, 2.75) is 20.8 Å². The summed E-state index contributed by atoms with van der Waals surface area (Å²) < 4.78 is 4.23. The van der Waals surface area contributed by atoms with Gasteiger partial charge in [0.15, 0.2) is 0 Å². The molecule has 0 heterocycles. The number of carbonyl (C=O) groups is 1. The van der Waals surface area contributed by atoms with Crippen molar-refractivity contribution in [3.63, 3.8) is 0 Å². The summed E-state index contributed by atoms with van der Waals surface area (Å²) in [5.41, 5.74) is -0.415. The molecule has 0 amide bonds. The van der Waals surface area contributed by atoms with Crippen molar-refractivity contribution in [2.24, 2.45) is 5.41 Å². The third-order valence-electron chi connectivity index (χ3n) is 0.743.